The molecule has 0 N–H and O–H groups in total. The first-order chi connectivity index (χ1) is 12.6. The van der Waals surface area contributed by atoms with Crippen molar-refractivity contribution in [3.8, 4) is 0 Å². The summed E-state index contributed by atoms with van der Waals surface area (Å²) in [7, 11) is -7.54. The van der Waals surface area contributed by atoms with Gasteiger partial charge in [-0.2, -0.15) is 4.31 Å². The summed E-state index contributed by atoms with van der Waals surface area (Å²) >= 11 is 1.33. The van der Waals surface area contributed by atoms with E-state index in [1.807, 2.05) is 0 Å². The molecule has 1 aliphatic rings. The van der Waals surface area contributed by atoms with E-state index in [1.165, 1.54) is 23.5 Å². The first-order valence-corrected chi connectivity index (χ1v) is 12.2. The number of non-ortho nitro benzene ring substituents is 1. The summed E-state index contributed by atoms with van der Waals surface area (Å²) < 4.78 is 52.4. The molecule has 11 heteroatoms. The van der Waals surface area contributed by atoms with Crippen molar-refractivity contribution in [2.24, 2.45) is 0 Å². The van der Waals surface area contributed by atoms with Crippen LogP contribution in [0.4, 0.5) is 5.69 Å². The van der Waals surface area contributed by atoms with Crippen molar-refractivity contribution in [1.82, 2.24) is 4.31 Å². The van der Waals surface area contributed by atoms with E-state index in [-0.39, 0.29) is 35.8 Å². The van der Waals surface area contributed by atoms with Gasteiger partial charge in [0.1, 0.15) is 0 Å². The molecule has 3 rings (SSSR count). The second-order valence-electron chi connectivity index (χ2n) is 6.27. The number of nitrogens with zero attached hydrogens (tertiary/aromatic N) is 2. The topological polar surface area (TPSA) is 115 Å². The molecule has 0 saturated carbocycles. The van der Waals surface area contributed by atoms with Gasteiger partial charge in [0.15, 0.2) is 9.84 Å². The Kier molecular flexibility index (Phi) is 5.39. The van der Waals surface area contributed by atoms with Crippen LogP contribution in [-0.2, 0) is 19.9 Å². The summed E-state index contributed by atoms with van der Waals surface area (Å²) in [4.78, 5) is 10.9. The Bertz CT molecular complexity index is 1060. The van der Waals surface area contributed by atoms with Crippen molar-refractivity contribution in [2.75, 3.05) is 18.8 Å². The second kappa shape index (κ2) is 7.30. The number of hydrogen-bond donors (Lipinski definition) is 0. The van der Waals surface area contributed by atoms with Crippen molar-refractivity contribution in [1.29, 1.82) is 0 Å². The minimum Gasteiger partial charge on any atom is -0.258 e. The molecule has 2 heterocycles. The third kappa shape index (κ3) is 3.91. The molecule has 1 aliphatic heterocycles. The first kappa shape index (κ1) is 19.9. The van der Waals surface area contributed by atoms with Crippen molar-refractivity contribution in [3.05, 3.63) is 56.3 Å². The van der Waals surface area contributed by atoms with Crippen LogP contribution in [0.1, 0.15) is 22.1 Å². The van der Waals surface area contributed by atoms with Gasteiger partial charge in [-0.3, -0.25) is 10.1 Å². The predicted octanol–water partition coefficient (Wildman–Crippen LogP) is 2.52. The van der Waals surface area contributed by atoms with Crippen LogP contribution in [0.5, 0.6) is 0 Å². The molecular formula is C16H18N2O6S3. The van der Waals surface area contributed by atoms with Crippen LogP contribution < -0.4 is 0 Å². The molecular weight excluding hydrogens is 412 g/mol. The summed E-state index contributed by atoms with van der Waals surface area (Å²) in [5, 5.41) is 12.1. The number of nitro benzene ring substituents is 1. The lowest BCUT2D eigenvalue weighted by atomic mass is 10.2. The highest BCUT2D eigenvalue weighted by atomic mass is 32.2. The molecule has 1 atom stereocenters. The van der Waals surface area contributed by atoms with Crippen LogP contribution in [0, 0.1) is 17.0 Å². The monoisotopic (exact) mass is 430 g/mol. The highest BCUT2D eigenvalue weighted by Crippen LogP contribution is 2.34. The van der Waals surface area contributed by atoms with Crippen molar-refractivity contribution in [2.45, 2.75) is 23.5 Å². The molecule has 1 aromatic heterocycles. The van der Waals surface area contributed by atoms with Gasteiger partial charge in [-0.15, -0.1) is 11.3 Å². The molecule has 8 nitrogen and oxygen atoms in total. The normalized spacial score (nSPS) is 20.9. The quantitative estimate of drug-likeness (QED) is 0.544. The van der Waals surface area contributed by atoms with Gasteiger partial charge in [0.05, 0.1) is 20.8 Å². The zero-order valence-electron chi connectivity index (χ0n) is 14.4. The number of sulfone groups is 1. The number of nitro groups is 1. The van der Waals surface area contributed by atoms with Gasteiger partial charge in [0.2, 0.25) is 10.0 Å². The van der Waals surface area contributed by atoms with Gasteiger partial charge >= 0.3 is 0 Å². The highest BCUT2D eigenvalue weighted by Gasteiger charge is 2.36. The molecule has 1 fully saturated rings. The van der Waals surface area contributed by atoms with Gasteiger partial charge in [0, 0.05) is 30.1 Å². The van der Waals surface area contributed by atoms with E-state index in [1.54, 1.807) is 24.4 Å². The summed E-state index contributed by atoms with van der Waals surface area (Å²) in [5.41, 5.74) is 0.0561. The molecule has 0 aliphatic carbocycles. The van der Waals surface area contributed by atoms with E-state index in [0.717, 1.165) is 10.4 Å². The first-order valence-electron chi connectivity index (χ1n) is 8.13. The van der Waals surface area contributed by atoms with Crippen LogP contribution in [0.3, 0.4) is 0 Å². The molecule has 1 saturated heterocycles. The largest absolute Gasteiger partial charge is 0.270 e. The van der Waals surface area contributed by atoms with Gasteiger partial charge in [0.25, 0.3) is 5.69 Å². The van der Waals surface area contributed by atoms with E-state index in [4.69, 9.17) is 0 Å². The predicted molar refractivity (Wildman–Crippen MR) is 102 cm³/mol. The van der Waals surface area contributed by atoms with Crippen molar-refractivity contribution < 1.29 is 21.8 Å². The maximum Gasteiger partial charge on any atom is 0.270 e. The van der Waals surface area contributed by atoms with Crippen LogP contribution in [0.15, 0.2) is 40.6 Å². The summed E-state index contributed by atoms with van der Waals surface area (Å²) in [5.74, 6) is -0.289. The number of thiophene rings is 1. The second-order valence-corrected chi connectivity index (χ2v) is 11.5. The Morgan fingerprint density at radius 2 is 2.00 bits per heavy atom. The SMILES string of the molecule is Cc1ccc([N+](=O)[O-])cc1S(=O)(=O)N1CCC(c2cccs2)S(=O)(=O)CC1. The van der Waals surface area contributed by atoms with Gasteiger partial charge < -0.3 is 0 Å². The van der Waals surface area contributed by atoms with Gasteiger partial charge in [-0.25, -0.2) is 16.8 Å². The van der Waals surface area contributed by atoms with Crippen molar-refractivity contribution in [3.63, 3.8) is 0 Å². The zero-order chi connectivity index (χ0) is 19.8. The van der Waals surface area contributed by atoms with E-state index >= 15 is 0 Å². The molecule has 146 valence electrons. The molecule has 1 aromatic carbocycles. The van der Waals surface area contributed by atoms with E-state index in [9.17, 15) is 26.9 Å². The Hall–Kier alpha value is -1.82. The molecule has 0 spiro atoms. The average Bonchev–Trinajstić information content (AvgIpc) is 3.05. The third-order valence-corrected chi connectivity index (χ3v) is 9.84. The third-order valence-electron chi connectivity index (χ3n) is 4.56. The number of sulfonamides is 1. The van der Waals surface area contributed by atoms with Gasteiger partial charge in [-0.05, 0) is 30.4 Å². The maximum absolute atomic E-state index is 13.1. The minimum atomic E-state index is -4.05. The minimum absolute atomic E-state index is 0.0340. The van der Waals surface area contributed by atoms with Crippen LogP contribution in [-0.4, -0.2) is 44.9 Å². The van der Waals surface area contributed by atoms with E-state index in [2.05, 4.69) is 0 Å². The molecule has 2 aromatic rings. The standard InChI is InChI=1S/C16H18N2O6S3/c1-12-4-5-13(18(19)20)11-16(12)27(23,24)17-7-6-15(14-3-2-9-25-14)26(21,22)10-8-17/h2-5,9,11,15H,6-8,10H2,1H3. The number of hydrogen-bond acceptors (Lipinski definition) is 7. The Labute approximate surface area is 161 Å². The smallest absolute Gasteiger partial charge is 0.258 e. The van der Waals surface area contributed by atoms with E-state index in [0.29, 0.717) is 10.4 Å². The molecule has 0 bridgehead atoms. The number of aryl methyl sites for hydroxylation is 1. The Morgan fingerprint density at radius 3 is 2.63 bits per heavy atom. The van der Waals surface area contributed by atoms with Crippen LogP contribution in [0.25, 0.3) is 0 Å². The molecule has 0 radical (unpaired) electrons. The fourth-order valence-corrected chi connectivity index (χ4v) is 7.90. The van der Waals surface area contributed by atoms with Crippen molar-refractivity contribution >= 4 is 36.9 Å². The molecule has 1 unspecified atom stereocenters. The molecule has 27 heavy (non-hydrogen) atoms. The summed E-state index contributed by atoms with van der Waals surface area (Å²) in [6.45, 7) is 1.42. The highest BCUT2D eigenvalue weighted by molar-refractivity contribution is 7.92. The fraction of sp³-hybridized carbons (Fsp3) is 0.375. The molecule has 0 amide bonds. The van der Waals surface area contributed by atoms with Crippen LogP contribution in [0.2, 0.25) is 0 Å². The average molecular weight is 431 g/mol. The summed E-state index contributed by atoms with van der Waals surface area (Å²) in [6.07, 6.45) is 0.149. The summed E-state index contributed by atoms with van der Waals surface area (Å²) in [6, 6.07) is 7.16. The van der Waals surface area contributed by atoms with Gasteiger partial charge in [-0.1, -0.05) is 12.1 Å². The maximum atomic E-state index is 13.1. The lowest BCUT2D eigenvalue weighted by Crippen LogP contribution is -2.34. The van der Waals surface area contributed by atoms with E-state index < -0.39 is 30.0 Å². The fourth-order valence-electron chi connectivity index (χ4n) is 3.08. The Morgan fingerprint density at radius 1 is 1.26 bits per heavy atom. The Balaban J connectivity index is 1.95. The number of benzene rings is 1. The van der Waals surface area contributed by atoms with Crippen LogP contribution >= 0.6 is 11.3 Å². The lowest BCUT2D eigenvalue weighted by Gasteiger charge is -2.20. The lowest BCUT2D eigenvalue weighted by molar-refractivity contribution is -0.385. The zero-order valence-corrected chi connectivity index (χ0v) is 16.9. The number of rotatable bonds is 4.